The van der Waals surface area contributed by atoms with Crippen LogP contribution < -0.4 is 11.3 Å². The molecule has 0 aromatic heterocycles. The van der Waals surface area contributed by atoms with Crippen molar-refractivity contribution >= 4 is 21.4 Å². The molecule has 1 aliphatic rings. The number of hydrazine groups is 1. The molecule has 0 radical (unpaired) electrons. The number of nitro benzene ring substituents is 1. The third-order valence-corrected chi connectivity index (χ3v) is 5.77. The van der Waals surface area contributed by atoms with Gasteiger partial charge in [0.2, 0.25) is 10.0 Å². The average molecular weight is 314 g/mol. The lowest BCUT2D eigenvalue weighted by molar-refractivity contribution is -0.386. The van der Waals surface area contributed by atoms with E-state index in [4.69, 9.17) is 5.84 Å². The van der Waals surface area contributed by atoms with E-state index in [1.165, 1.54) is 29.6 Å². The van der Waals surface area contributed by atoms with Crippen LogP contribution in [0.1, 0.15) is 25.7 Å². The van der Waals surface area contributed by atoms with E-state index in [-0.39, 0.29) is 16.6 Å². The molecule has 21 heavy (non-hydrogen) atoms. The molecule has 0 heterocycles. The van der Waals surface area contributed by atoms with Crippen LogP contribution in [-0.2, 0) is 10.0 Å². The summed E-state index contributed by atoms with van der Waals surface area (Å²) in [6, 6.07) is 3.92. The highest BCUT2D eigenvalue weighted by Gasteiger charge is 2.35. The molecule has 0 atom stereocenters. The largest absolute Gasteiger partial charge is 0.318 e. The van der Waals surface area contributed by atoms with Crippen molar-refractivity contribution in [2.75, 3.05) is 12.5 Å². The van der Waals surface area contributed by atoms with Crippen LogP contribution in [0.4, 0.5) is 11.4 Å². The van der Waals surface area contributed by atoms with Crippen molar-refractivity contribution in [3.63, 3.8) is 0 Å². The number of anilines is 1. The molecule has 0 amide bonds. The highest BCUT2D eigenvalue weighted by Crippen LogP contribution is 2.35. The number of nitrogens with zero attached hydrogens (tertiary/aromatic N) is 2. The number of sulfonamides is 1. The zero-order valence-electron chi connectivity index (χ0n) is 11.7. The second-order valence-corrected chi connectivity index (χ2v) is 6.98. The summed E-state index contributed by atoms with van der Waals surface area (Å²) >= 11 is 0. The minimum absolute atomic E-state index is 0.0269. The van der Waals surface area contributed by atoms with Gasteiger partial charge in [0.05, 0.1) is 4.92 Å². The molecule has 0 spiro atoms. The van der Waals surface area contributed by atoms with Gasteiger partial charge in [-0.25, -0.2) is 8.42 Å². The van der Waals surface area contributed by atoms with Gasteiger partial charge in [-0.05, 0) is 25.0 Å². The van der Waals surface area contributed by atoms with Gasteiger partial charge in [0.1, 0.15) is 5.69 Å². The Balaban J connectivity index is 2.51. The molecule has 0 aliphatic heterocycles. The van der Waals surface area contributed by atoms with Crippen molar-refractivity contribution in [3.05, 3.63) is 28.3 Å². The van der Waals surface area contributed by atoms with Crippen LogP contribution in [0.5, 0.6) is 0 Å². The fraction of sp³-hybridized carbons (Fsp3) is 0.500. The monoisotopic (exact) mass is 314 g/mol. The lowest BCUT2D eigenvalue weighted by Gasteiger charge is -2.23. The summed E-state index contributed by atoms with van der Waals surface area (Å²) in [4.78, 5) is 10.2. The van der Waals surface area contributed by atoms with Crippen LogP contribution in [0.2, 0.25) is 0 Å². The number of nitro groups is 1. The maximum Gasteiger partial charge on any atom is 0.313 e. The molecule has 1 aromatic rings. The smallest absolute Gasteiger partial charge is 0.313 e. The van der Waals surface area contributed by atoms with Gasteiger partial charge in [0.25, 0.3) is 0 Å². The van der Waals surface area contributed by atoms with Crippen LogP contribution in [0.15, 0.2) is 23.1 Å². The molecule has 116 valence electrons. The van der Waals surface area contributed by atoms with Crippen LogP contribution in [0, 0.1) is 10.1 Å². The molecular weight excluding hydrogens is 296 g/mol. The molecule has 0 saturated heterocycles. The molecule has 1 saturated carbocycles. The Labute approximate surface area is 123 Å². The molecule has 1 aromatic carbocycles. The lowest BCUT2D eigenvalue weighted by Crippen LogP contribution is -2.35. The molecule has 2 rings (SSSR count). The first-order valence-electron chi connectivity index (χ1n) is 6.61. The second kappa shape index (κ2) is 5.96. The number of para-hydroxylation sites is 1. The lowest BCUT2D eigenvalue weighted by atomic mass is 10.3. The third-order valence-electron chi connectivity index (χ3n) is 3.83. The van der Waals surface area contributed by atoms with Crippen LogP contribution in [0.3, 0.4) is 0 Å². The Morgan fingerprint density at radius 3 is 2.52 bits per heavy atom. The first-order chi connectivity index (χ1) is 9.89. The molecule has 1 aliphatic carbocycles. The summed E-state index contributed by atoms with van der Waals surface area (Å²) < 4.78 is 26.6. The summed E-state index contributed by atoms with van der Waals surface area (Å²) in [7, 11) is -2.46. The van der Waals surface area contributed by atoms with E-state index in [0.29, 0.717) is 0 Å². The van der Waals surface area contributed by atoms with E-state index in [1.54, 1.807) is 0 Å². The van der Waals surface area contributed by atoms with E-state index < -0.39 is 20.6 Å². The van der Waals surface area contributed by atoms with Crippen molar-refractivity contribution in [2.24, 2.45) is 5.84 Å². The first kappa shape index (κ1) is 15.7. The number of nitrogen functional groups attached to an aromatic ring is 1. The molecular formula is C12H18N4O4S. The molecule has 0 bridgehead atoms. The zero-order chi connectivity index (χ0) is 15.6. The number of benzene rings is 1. The van der Waals surface area contributed by atoms with Crippen molar-refractivity contribution in [2.45, 2.75) is 36.6 Å². The molecule has 3 N–H and O–H groups in total. The first-order valence-corrected chi connectivity index (χ1v) is 8.05. The number of rotatable bonds is 5. The Morgan fingerprint density at radius 1 is 1.38 bits per heavy atom. The van der Waals surface area contributed by atoms with Crippen molar-refractivity contribution in [3.8, 4) is 0 Å². The fourth-order valence-electron chi connectivity index (χ4n) is 2.65. The molecule has 0 unspecified atom stereocenters. The van der Waals surface area contributed by atoms with Gasteiger partial charge in [-0.2, -0.15) is 4.31 Å². The Kier molecular flexibility index (Phi) is 4.45. The predicted octanol–water partition coefficient (Wildman–Crippen LogP) is 1.44. The summed E-state index contributed by atoms with van der Waals surface area (Å²) in [5, 5.41) is 11.2. The molecule has 9 heteroatoms. The normalized spacial score (nSPS) is 16.3. The maximum absolute atomic E-state index is 12.7. The van der Waals surface area contributed by atoms with Crippen LogP contribution in [-0.4, -0.2) is 30.7 Å². The number of nitrogens with two attached hydrogens (primary N) is 1. The Bertz CT molecular complexity index is 641. The Morgan fingerprint density at radius 2 is 2.00 bits per heavy atom. The topological polar surface area (TPSA) is 119 Å². The number of hydrogen-bond acceptors (Lipinski definition) is 6. The van der Waals surface area contributed by atoms with Gasteiger partial charge >= 0.3 is 5.69 Å². The van der Waals surface area contributed by atoms with E-state index >= 15 is 0 Å². The SMILES string of the molecule is CN(C1CCCC1)S(=O)(=O)c1cccc(NN)c1[N+](=O)[O-]. The van der Waals surface area contributed by atoms with E-state index in [1.807, 2.05) is 0 Å². The number of hydrogen-bond donors (Lipinski definition) is 2. The zero-order valence-corrected chi connectivity index (χ0v) is 12.5. The van der Waals surface area contributed by atoms with Gasteiger partial charge in [0.15, 0.2) is 4.90 Å². The summed E-state index contributed by atoms with van der Waals surface area (Å²) in [6.45, 7) is 0. The quantitative estimate of drug-likeness (QED) is 0.482. The molecule has 8 nitrogen and oxygen atoms in total. The van der Waals surface area contributed by atoms with Gasteiger partial charge in [-0.15, -0.1) is 0 Å². The van der Waals surface area contributed by atoms with Gasteiger partial charge in [-0.3, -0.25) is 16.0 Å². The van der Waals surface area contributed by atoms with Gasteiger partial charge in [0, 0.05) is 13.1 Å². The highest BCUT2D eigenvalue weighted by molar-refractivity contribution is 7.89. The summed E-state index contributed by atoms with van der Waals surface area (Å²) in [6.07, 6.45) is 3.49. The number of nitrogens with one attached hydrogen (secondary N) is 1. The van der Waals surface area contributed by atoms with Crippen molar-refractivity contribution < 1.29 is 13.3 Å². The maximum atomic E-state index is 12.7. The summed E-state index contributed by atoms with van der Waals surface area (Å²) in [5.41, 5.74) is 1.62. The van der Waals surface area contributed by atoms with Crippen LogP contribution >= 0.6 is 0 Å². The van der Waals surface area contributed by atoms with Crippen LogP contribution in [0.25, 0.3) is 0 Å². The van der Waals surface area contributed by atoms with E-state index in [9.17, 15) is 18.5 Å². The fourth-order valence-corrected chi connectivity index (χ4v) is 4.25. The van der Waals surface area contributed by atoms with E-state index in [0.717, 1.165) is 25.7 Å². The second-order valence-electron chi connectivity index (χ2n) is 5.01. The predicted molar refractivity (Wildman–Crippen MR) is 78.1 cm³/mol. The van der Waals surface area contributed by atoms with Gasteiger partial charge < -0.3 is 5.43 Å². The van der Waals surface area contributed by atoms with Gasteiger partial charge in [-0.1, -0.05) is 18.9 Å². The molecule has 1 fully saturated rings. The minimum Gasteiger partial charge on any atom is -0.318 e. The standard InChI is InChI=1S/C12H18N4O4S/c1-15(9-5-2-3-6-9)21(19,20)11-8-4-7-10(14-13)12(11)16(17)18/h4,7-9,14H,2-3,5-6,13H2,1H3. The third kappa shape index (κ3) is 2.85. The van der Waals surface area contributed by atoms with E-state index in [2.05, 4.69) is 5.43 Å². The average Bonchev–Trinajstić information content (AvgIpc) is 2.99. The minimum atomic E-state index is -3.93. The van der Waals surface area contributed by atoms with Crippen molar-refractivity contribution in [1.82, 2.24) is 4.31 Å². The Hall–Kier alpha value is -1.71. The highest BCUT2D eigenvalue weighted by atomic mass is 32.2. The summed E-state index contributed by atoms with van der Waals surface area (Å²) in [5.74, 6) is 5.24. The van der Waals surface area contributed by atoms with Crippen molar-refractivity contribution in [1.29, 1.82) is 0 Å².